The maximum absolute atomic E-state index is 5.87. The number of nitrogens with zero attached hydrogens (tertiary/aromatic N) is 2. The van der Waals surface area contributed by atoms with Gasteiger partial charge in [-0.1, -0.05) is 24.3 Å². The number of para-hydroxylation sites is 1. The normalized spacial score (nSPS) is 12.2. The zero-order valence-electron chi connectivity index (χ0n) is 14.4. The monoisotopic (exact) mass is 459 g/mol. The molecule has 0 saturated carbocycles. The van der Waals surface area contributed by atoms with Crippen molar-refractivity contribution in [2.45, 2.75) is 19.4 Å². The Bertz CT molecular complexity index is 590. The molecule has 2 rings (SSSR count). The fourth-order valence-electron chi connectivity index (χ4n) is 2.23. The van der Waals surface area contributed by atoms with Crippen molar-refractivity contribution in [1.29, 1.82) is 0 Å². The lowest BCUT2D eigenvalue weighted by Gasteiger charge is -2.23. The van der Waals surface area contributed by atoms with E-state index in [2.05, 4.69) is 46.7 Å². The Morgan fingerprint density at radius 1 is 1.25 bits per heavy atom. The number of benzene rings is 1. The molecule has 6 heteroatoms. The summed E-state index contributed by atoms with van der Waals surface area (Å²) >= 11 is 1.80. The molecule has 1 aromatic heterocycles. The van der Waals surface area contributed by atoms with E-state index >= 15 is 0 Å². The molecular weight excluding hydrogens is 433 g/mol. The van der Waals surface area contributed by atoms with Crippen LogP contribution in [0, 0.1) is 0 Å². The van der Waals surface area contributed by atoms with E-state index in [1.165, 1.54) is 4.88 Å². The number of hydrogen-bond acceptors (Lipinski definition) is 3. The first-order chi connectivity index (χ1) is 11.2. The van der Waals surface area contributed by atoms with Crippen LogP contribution in [0.25, 0.3) is 0 Å². The lowest BCUT2D eigenvalue weighted by atomic mass is 10.3. The first-order valence-electron chi connectivity index (χ1n) is 7.85. The Morgan fingerprint density at radius 2 is 2.00 bits per heavy atom. The summed E-state index contributed by atoms with van der Waals surface area (Å²) < 4.78 is 5.87. The topological polar surface area (TPSA) is 36.9 Å². The molecule has 1 atom stereocenters. The standard InChI is InChI=1S/C18H25N3OS.HI/c1-15(22-16-8-5-4-6-9-16)14-20-18(19-2)21(3)12-11-17-10-7-13-23-17;/h4-10,13,15H,11-12,14H2,1-3H3,(H,19,20);1H. The second-order valence-corrected chi connectivity index (χ2v) is 6.45. The van der Waals surface area contributed by atoms with Crippen molar-refractivity contribution in [3.63, 3.8) is 0 Å². The van der Waals surface area contributed by atoms with E-state index in [-0.39, 0.29) is 30.1 Å². The summed E-state index contributed by atoms with van der Waals surface area (Å²) in [6.45, 7) is 3.71. The number of rotatable bonds is 7. The van der Waals surface area contributed by atoms with E-state index in [1.54, 1.807) is 11.3 Å². The summed E-state index contributed by atoms with van der Waals surface area (Å²) in [6, 6.07) is 14.1. The zero-order valence-corrected chi connectivity index (χ0v) is 17.6. The third kappa shape index (κ3) is 7.09. The summed E-state index contributed by atoms with van der Waals surface area (Å²) in [4.78, 5) is 7.89. The van der Waals surface area contributed by atoms with Crippen LogP contribution in [-0.2, 0) is 6.42 Å². The van der Waals surface area contributed by atoms with Gasteiger partial charge in [0, 0.05) is 25.5 Å². The summed E-state index contributed by atoms with van der Waals surface area (Å²) in [7, 11) is 3.87. The maximum Gasteiger partial charge on any atom is 0.193 e. The van der Waals surface area contributed by atoms with Crippen molar-refractivity contribution < 1.29 is 4.74 Å². The van der Waals surface area contributed by atoms with E-state index in [4.69, 9.17) is 4.74 Å². The molecule has 0 saturated heterocycles. The minimum Gasteiger partial charge on any atom is -0.489 e. The number of thiophene rings is 1. The van der Waals surface area contributed by atoms with Gasteiger partial charge in [-0.15, -0.1) is 35.3 Å². The molecule has 1 unspecified atom stereocenters. The first-order valence-corrected chi connectivity index (χ1v) is 8.73. The molecule has 24 heavy (non-hydrogen) atoms. The van der Waals surface area contributed by atoms with E-state index in [9.17, 15) is 0 Å². The smallest absolute Gasteiger partial charge is 0.193 e. The Morgan fingerprint density at radius 3 is 2.62 bits per heavy atom. The molecule has 1 aromatic carbocycles. The molecule has 1 heterocycles. The van der Waals surface area contributed by atoms with Crippen LogP contribution in [0.15, 0.2) is 52.8 Å². The Balaban J connectivity index is 0.00000288. The van der Waals surface area contributed by atoms with E-state index in [1.807, 2.05) is 37.4 Å². The van der Waals surface area contributed by atoms with Crippen LogP contribution in [0.1, 0.15) is 11.8 Å². The van der Waals surface area contributed by atoms with Crippen LogP contribution in [0.5, 0.6) is 5.75 Å². The van der Waals surface area contributed by atoms with Crippen molar-refractivity contribution in [3.05, 3.63) is 52.7 Å². The Kier molecular flexibility index (Phi) is 9.78. The fraction of sp³-hybridized carbons (Fsp3) is 0.389. The highest BCUT2D eigenvalue weighted by molar-refractivity contribution is 14.0. The number of hydrogen-bond donors (Lipinski definition) is 1. The zero-order chi connectivity index (χ0) is 16.5. The minimum absolute atomic E-state index is 0. The second kappa shape index (κ2) is 11.3. The Labute approximate surface area is 166 Å². The van der Waals surface area contributed by atoms with E-state index in [0.717, 1.165) is 24.7 Å². The highest BCUT2D eigenvalue weighted by atomic mass is 127. The van der Waals surface area contributed by atoms with Crippen LogP contribution >= 0.6 is 35.3 Å². The third-order valence-electron chi connectivity index (χ3n) is 3.48. The molecule has 4 nitrogen and oxygen atoms in total. The van der Waals surface area contributed by atoms with Gasteiger partial charge in [-0.25, -0.2) is 0 Å². The van der Waals surface area contributed by atoms with Crippen molar-refractivity contribution in [3.8, 4) is 5.75 Å². The highest BCUT2D eigenvalue weighted by Gasteiger charge is 2.09. The molecule has 0 bridgehead atoms. The predicted molar refractivity (Wildman–Crippen MR) is 114 cm³/mol. The number of nitrogens with one attached hydrogen (secondary N) is 1. The summed E-state index contributed by atoms with van der Waals surface area (Å²) in [5.74, 6) is 1.79. The fourth-order valence-corrected chi connectivity index (χ4v) is 2.93. The van der Waals surface area contributed by atoms with Gasteiger partial charge in [0.1, 0.15) is 11.9 Å². The van der Waals surface area contributed by atoms with Crippen LogP contribution in [-0.4, -0.2) is 44.1 Å². The molecule has 0 spiro atoms. The molecule has 0 aliphatic rings. The van der Waals surface area contributed by atoms with Crippen molar-refractivity contribution in [2.75, 3.05) is 27.2 Å². The molecule has 0 aliphatic carbocycles. The van der Waals surface area contributed by atoms with Gasteiger partial charge in [0.25, 0.3) is 0 Å². The predicted octanol–water partition coefficient (Wildman–Crippen LogP) is 3.88. The maximum atomic E-state index is 5.87. The van der Waals surface area contributed by atoms with Crippen LogP contribution in [0.3, 0.4) is 0 Å². The number of guanidine groups is 1. The SMILES string of the molecule is CN=C(NCC(C)Oc1ccccc1)N(C)CCc1cccs1.I. The minimum atomic E-state index is 0. The molecule has 0 fully saturated rings. The van der Waals surface area contributed by atoms with Crippen molar-refractivity contribution in [1.82, 2.24) is 10.2 Å². The van der Waals surface area contributed by atoms with Gasteiger partial charge in [0.05, 0.1) is 6.54 Å². The van der Waals surface area contributed by atoms with E-state index < -0.39 is 0 Å². The van der Waals surface area contributed by atoms with Crippen molar-refractivity contribution in [2.24, 2.45) is 4.99 Å². The first kappa shape index (κ1) is 20.8. The molecule has 0 aliphatic heterocycles. The molecular formula is C18H26IN3OS. The average Bonchev–Trinajstić information content (AvgIpc) is 3.08. The van der Waals surface area contributed by atoms with Crippen LogP contribution < -0.4 is 10.1 Å². The van der Waals surface area contributed by atoms with Gasteiger partial charge in [0.2, 0.25) is 0 Å². The lowest BCUT2D eigenvalue weighted by Crippen LogP contribution is -2.43. The van der Waals surface area contributed by atoms with Gasteiger partial charge in [-0.3, -0.25) is 4.99 Å². The van der Waals surface area contributed by atoms with Gasteiger partial charge < -0.3 is 15.0 Å². The van der Waals surface area contributed by atoms with Crippen LogP contribution in [0.4, 0.5) is 0 Å². The van der Waals surface area contributed by atoms with Crippen LogP contribution in [0.2, 0.25) is 0 Å². The number of aliphatic imine (C=N–C) groups is 1. The van der Waals surface area contributed by atoms with Gasteiger partial charge in [-0.2, -0.15) is 0 Å². The van der Waals surface area contributed by atoms with E-state index in [0.29, 0.717) is 6.54 Å². The number of likely N-dealkylation sites (N-methyl/N-ethyl adjacent to an activating group) is 1. The molecule has 0 amide bonds. The summed E-state index contributed by atoms with van der Waals surface area (Å²) in [6.07, 6.45) is 1.10. The highest BCUT2D eigenvalue weighted by Crippen LogP contribution is 2.11. The number of ether oxygens (including phenoxy) is 1. The number of halogens is 1. The second-order valence-electron chi connectivity index (χ2n) is 5.42. The van der Waals surface area contributed by atoms with Crippen molar-refractivity contribution >= 4 is 41.3 Å². The quantitative estimate of drug-likeness (QED) is 0.388. The molecule has 132 valence electrons. The molecule has 1 N–H and O–H groups in total. The summed E-state index contributed by atoms with van der Waals surface area (Å²) in [5, 5.41) is 5.49. The molecule has 0 radical (unpaired) electrons. The van der Waals surface area contributed by atoms with Gasteiger partial charge in [-0.05, 0) is 36.9 Å². The van der Waals surface area contributed by atoms with Gasteiger partial charge >= 0.3 is 0 Å². The largest absolute Gasteiger partial charge is 0.489 e. The molecule has 2 aromatic rings. The Hall–Kier alpha value is -1.28. The average molecular weight is 459 g/mol. The van der Waals surface area contributed by atoms with Gasteiger partial charge in [0.15, 0.2) is 5.96 Å². The third-order valence-corrected chi connectivity index (χ3v) is 4.41. The lowest BCUT2D eigenvalue weighted by molar-refractivity contribution is 0.222. The summed E-state index contributed by atoms with van der Waals surface area (Å²) in [5.41, 5.74) is 0.